The summed E-state index contributed by atoms with van der Waals surface area (Å²) in [6, 6.07) is 9.13. The van der Waals surface area contributed by atoms with Gasteiger partial charge in [-0.1, -0.05) is 29.8 Å². The van der Waals surface area contributed by atoms with Gasteiger partial charge in [0.05, 0.1) is 18.8 Å². The fraction of sp³-hybridized carbons (Fsp3) is 0.381. The minimum atomic E-state index is -1.14. The van der Waals surface area contributed by atoms with Crippen molar-refractivity contribution in [2.45, 2.75) is 34.1 Å². The van der Waals surface area contributed by atoms with Gasteiger partial charge in [-0.2, -0.15) is 0 Å². The summed E-state index contributed by atoms with van der Waals surface area (Å²) in [5.74, 6) is -1.88. The quantitative estimate of drug-likeness (QED) is 0.399. The van der Waals surface area contributed by atoms with E-state index in [0.29, 0.717) is 17.1 Å². The number of hydrogen-bond donors (Lipinski definition) is 0. The second-order valence-electron chi connectivity index (χ2n) is 6.14. The predicted octanol–water partition coefficient (Wildman–Crippen LogP) is 3.74. The van der Waals surface area contributed by atoms with Crippen LogP contribution in [0.5, 0.6) is 0 Å². The van der Waals surface area contributed by atoms with Crippen LogP contribution in [0.15, 0.2) is 34.7 Å². The summed E-state index contributed by atoms with van der Waals surface area (Å²) in [4.78, 5) is 36.4. The van der Waals surface area contributed by atoms with Gasteiger partial charge in [-0.25, -0.2) is 0 Å². The van der Waals surface area contributed by atoms with Crippen LogP contribution in [0.1, 0.15) is 42.5 Å². The highest BCUT2D eigenvalue weighted by Crippen LogP contribution is 2.29. The first-order valence-corrected chi connectivity index (χ1v) is 8.91. The van der Waals surface area contributed by atoms with Crippen molar-refractivity contribution in [3.8, 4) is 11.3 Å². The van der Waals surface area contributed by atoms with Crippen LogP contribution in [0, 0.1) is 12.8 Å². The number of carbonyl (C=O) groups excluding carboxylic acids is 3. The SMILES string of the molecule is CCOC(=O)C(Cc1cc(C(C)=O)c(-c2ccc(C)cc2)o1)C(=O)OCC. The van der Waals surface area contributed by atoms with Gasteiger partial charge in [-0.05, 0) is 33.8 Å². The monoisotopic (exact) mass is 372 g/mol. The summed E-state index contributed by atoms with van der Waals surface area (Å²) in [5, 5.41) is 0. The minimum Gasteiger partial charge on any atom is -0.465 e. The van der Waals surface area contributed by atoms with Gasteiger partial charge in [0.15, 0.2) is 11.7 Å². The molecule has 0 bridgehead atoms. The molecular formula is C21H24O6. The molecule has 0 aliphatic rings. The second kappa shape index (κ2) is 9.16. The van der Waals surface area contributed by atoms with E-state index in [9.17, 15) is 14.4 Å². The molecule has 1 aromatic carbocycles. The molecule has 144 valence electrons. The van der Waals surface area contributed by atoms with Crippen molar-refractivity contribution in [2.24, 2.45) is 5.92 Å². The van der Waals surface area contributed by atoms with Gasteiger partial charge in [0, 0.05) is 12.0 Å². The third kappa shape index (κ3) is 5.06. The predicted molar refractivity (Wildman–Crippen MR) is 99.3 cm³/mol. The molecule has 0 atom stereocenters. The Balaban J connectivity index is 2.37. The lowest BCUT2D eigenvalue weighted by molar-refractivity contribution is -0.161. The van der Waals surface area contributed by atoms with Crippen molar-refractivity contribution < 1.29 is 28.3 Å². The topological polar surface area (TPSA) is 82.8 Å². The number of esters is 2. The van der Waals surface area contributed by atoms with Crippen molar-refractivity contribution in [3.05, 3.63) is 47.2 Å². The van der Waals surface area contributed by atoms with Crippen molar-refractivity contribution in [1.82, 2.24) is 0 Å². The molecule has 0 spiro atoms. The molecule has 2 rings (SSSR count). The van der Waals surface area contributed by atoms with Crippen LogP contribution in [0.3, 0.4) is 0 Å². The first-order chi connectivity index (χ1) is 12.9. The second-order valence-corrected chi connectivity index (χ2v) is 6.14. The maximum atomic E-state index is 12.2. The van der Waals surface area contributed by atoms with E-state index in [2.05, 4.69) is 0 Å². The molecule has 0 saturated heterocycles. The summed E-state index contributed by atoms with van der Waals surface area (Å²) in [7, 11) is 0. The summed E-state index contributed by atoms with van der Waals surface area (Å²) in [6.45, 7) is 7.04. The van der Waals surface area contributed by atoms with Crippen LogP contribution in [0.2, 0.25) is 0 Å². The first-order valence-electron chi connectivity index (χ1n) is 8.91. The Bertz CT molecular complexity index is 798. The highest BCUT2D eigenvalue weighted by Gasteiger charge is 2.32. The van der Waals surface area contributed by atoms with Gasteiger partial charge in [0.2, 0.25) is 0 Å². The van der Waals surface area contributed by atoms with Crippen molar-refractivity contribution >= 4 is 17.7 Å². The molecule has 1 heterocycles. The van der Waals surface area contributed by atoms with Gasteiger partial charge in [-0.15, -0.1) is 0 Å². The van der Waals surface area contributed by atoms with E-state index in [1.807, 2.05) is 31.2 Å². The van der Waals surface area contributed by atoms with Crippen molar-refractivity contribution in [3.63, 3.8) is 0 Å². The van der Waals surface area contributed by atoms with Gasteiger partial charge >= 0.3 is 11.9 Å². The lowest BCUT2D eigenvalue weighted by Crippen LogP contribution is -2.29. The Morgan fingerprint density at radius 2 is 1.56 bits per heavy atom. The molecule has 2 aromatic rings. The number of Topliss-reactive ketones (excluding diaryl/α,β-unsaturated/α-hetero) is 1. The summed E-state index contributed by atoms with van der Waals surface area (Å²) in [6.07, 6.45) is -0.0379. The number of ether oxygens (including phenoxy) is 2. The Kier molecular flexibility index (Phi) is 6.93. The normalized spacial score (nSPS) is 10.7. The van der Waals surface area contributed by atoms with Gasteiger partial charge < -0.3 is 13.9 Å². The molecule has 0 aliphatic heterocycles. The molecule has 0 saturated carbocycles. The molecule has 0 unspecified atom stereocenters. The van der Waals surface area contributed by atoms with Gasteiger partial charge in [0.25, 0.3) is 0 Å². The fourth-order valence-corrected chi connectivity index (χ4v) is 2.67. The van der Waals surface area contributed by atoms with Crippen LogP contribution in [-0.4, -0.2) is 30.9 Å². The highest BCUT2D eigenvalue weighted by atomic mass is 16.6. The van der Waals surface area contributed by atoms with Gasteiger partial charge in [0.1, 0.15) is 11.5 Å². The Morgan fingerprint density at radius 1 is 1.00 bits per heavy atom. The molecule has 6 nitrogen and oxygen atoms in total. The molecule has 0 fully saturated rings. The Morgan fingerprint density at radius 3 is 2.04 bits per heavy atom. The number of carbonyl (C=O) groups is 3. The maximum Gasteiger partial charge on any atom is 0.320 e. The lowest BCUT2D eigenvalue weighted by Gasteiger charge is -2.13. The summed E-state index contributed by atoms with van der Waals surface area (Å²) < 4.78 is 15.8. The molecule has 0 N–H and O–H groups in total. The van der Waals surface area contributed by atoms with Crippen LogP contribution in [0.25, 0.3) is 11.3 Å². The smallest absolute Gasteiger partial charge is 0.320 e. The number of aryl methyl sites for hydroxylation is 1. The fourth-order valence-electron chi connectivity index (χ4n) is 2.67. The van der Waals surface area contributed by atoms with Crippen molar-refractivity contribution in [2.75, 3.05) is 13.2 Å². The Labute approximate surface area is 158 Å². The lowest BCUT2D eigenvalue weighted by atomic mass is 10.0. The molecule has 0 aliphatic carbocycles. The molecule has 6 heteroatoms. The van der Waals surface area contributed by atoms with Crippen LogP contribution in [-0.2, 0) is 25.5 Å². The number of rotatable bonds is 8. The van der Waals surface area contributed by atoms with E-state index in [1.54, 1.807) is 19.9 Å². The highest BCUT2D eigenvalue weighted by molar-refractivity contribution is 6.00. The average molecular weight is 372 g/mol. The zero-order valence-corrected chi connectivity index (χ0v) is 16.0. The van der Waals surface area contributed by atoms with Crippen LogP contribution >= 0.6 is 0 Å². The number of hydrogen-bond acceptors (Lipinski definition) is 6. The Hall–Kier alpha value is -2.89. The number of benzene rings is 1. The third-order valence-corrected chi connectivity index (χ3v) is 4.02. The van der Waals surface area contributed by atoms with E-state index < -0.39 is 17.9 Å². The maximum absolute atomic E-state index is 12.2. The van der Waals surface area contributed by atoms with Crippen LogP contribution < -0.4 is 0 Å². The largest absolute Gasteiger partial charge is 0.465 e. The first kappa shape index (κ1) is 20.4. The third-order valence-electron chi connectivity index (χ3n) is 4.02. The van der Waals surface area contributed by atoms with Crippen molar-refractivity contribution in [1.29, 1.82) is 0 Å². The molecule has 1 aromatic heterocycles. The zero-order valence-electron chi connectivity index (χ0n) is 16.0. The van der Waals surface area contributed by atoms with Crippen LogP contribution in [0.4, 0.5) is 0 Å². The van der Waals surface area contributed by atoms with E-state index >= 15 is 0 Å². The molecule has 27 heavy (non-hydrogen) atoms. The van der Waals surface area contributed by atoms with E-state index in [4.69, 9.17) is 13.9 Å². The molecule has 0 amide bonds. The van der Waals surface area contributed by atoms with E-state index in [0.717, 1.165) is 11.1 Å². The van der Waals surface area contributed by atoms with E-state index in [1.165, 1.54) is 6.92 Å². The molecular weight excluding hydrogens is 348 g/mol. The standard InChI is InChI=1S/C21H24O6/c1-5-25-20(23)18(21(24)26-6-2)12-16-11-17(14(4)22)19(27-16)15-9-7-13(3)8-10-15/h7-11,18H,5-6,12H2,1-4H3. The average Bonchev–Trinajstić information content (AvgIpc) is 3.05. The minimum absolute atomic E-state index is 0.0379. The zero-order chi connectivity index (χ0) is 20.0. The van der Waals surface area contributed by atoms with Gasteiger partial charge in [-0.3, -0.25) is 14.4 Å². The summed E-state index contributed by atoms with van der Waals surface area (Å²) in [5.41, 5.74) is 2.24. The van der Waals surface area contributed by atoms with E-state index in [-0.39, 0.29) is 25.4 Å². The summed E-state index contributed by atoms with van der Waals surface area (Å²) >= 11 is 0. The molecule has 0 radical (unpaired) electrons. The number of ketones is 1. The number of furan rings is 1.